The Kier molecular flexibility index (Phi) is 6.56. The molecular weight excluding hydrogens is 423 g/mol. The van der Waals surface area contributed by atoms with Crippen LogP contribution in [0.15, 0.2) is 47.6 Å². The standard InChI is InChI=1S/C17H17IN2O4/c1-23-14-9-11(8-13(18)16(14)24-2)10-19-20-17(22)15(21)12-6-4-3-5-7-12/h3-10,15,21H,1-2H3,(H,20,22)/b19-10-/t15-/m1/s1. The fourth-order valence-electron chi connectivity index (χ4n) is 2.03. The molecule has 1 atom stereocenters. The van der Waals surface area contributed by atoms with Crippen LogP contribution < -0.4 is 14.9 Å². The molecule has 0 aliphatic rings. The number of benzene rings is 2. The number of halogens is 1. The fourth-order valence-corrected chi connectivity index (χ4v) is 2.88. The van der Waals surface area contributed by atoms with E-state index in [1.165, 1.54) is 6.21 Å². The predicted molar refractivity (Wildman–Crippen MR) is 99.4 cm³/mol. The largest absolute Gasteiger partial charge is 0.493 e. The number of nitrogens with zero attached hydrogens (tertiary/aromatic N) is 1. The summed E-state index contributed by atoms with van der Waals surface area (Å²) in [7, 11) is 3.12. The Morgan fingerprint density at radius 3 is 2.58 bits per heavy atom. The van der Waals surface area contributed by atoms with Crippen LogP contribution in [-0.2, 0) is 4.79 Å². The van der Waals surface area contributed by atoms with E-state index in [1.54, 1.807) is 44.6 Å². The van der Waals surface area contributed by atoms with Crippen molar-refractivity contribution >= 4 is 34.7 Å². The van der Waals surface area contributed by atoms with Crippen LogP contribution in [-0.4, -0.2) is 31.4 Å². The van der Waals surface area contributed by atoms with Crippen LogP contribution in [0.1, 0.15) is 17.2 Å². The van der Waals surface area contributed by atoms with Crippen molar-refractivity contribution in [2.24, 2.45) is 5.10 Å². The maximum Gasteiger partial charge on any atom is 0.273 e. The number of rotatable bonds is 6. The van der Waals surface area contributed by atoms with Crippen molar-refractivity contribution in [2.75, 3.05) is 14.2 Å². The van der Waals surface area contributed by atoms with Crippen molar-refractivity contribution in [3.8, 4) is 11.5 Å². The van der Waals surface area contributed by atoms with E-state index in [0.29, 0.717) is 17.1 Å². The topological polar surface area (TPSA) is 80.2 Å². The first-order valence-electron chi connectivity index (χ1n) is 7.04. The Balaban J connectivity index is 2.06. The van der Waals surface area contributed by atoms with E-state index in [1.807, 2.05) is 12.1 Å². The van der Waals surface area contributed by atoms with Crippen LogP contribution in [0.2, 0.25) is 0 Å². The first-order chi connectivity index (χ1) is 11.6. The zero-order valence-electron chi connectivity index (χ0n) is 13.2. The summed E-state index contributed by atoms with van der Waals surface area (Å²) in [5, 5.41) is 13.8. The number of carbonyl (C=O) groups excluding carboxylic acids is 1. The summed E-state index contributed by atoms with van der Waals surface area (Å²) in [6, 6.07) is 12.2. The first kappa shape index (κ1) is 18.2. The van der Waals surface area contributed by atoms with E-state index in [-0.39, 0.29) is 0 Å². The molecule has 0 fully saturated rings. The summed E-state index contributed by atoms with van der Waals surface area (Å²) < 4.78 is 11.4. The highest BCUT2D eigenvalue weighted by Gasteiger charge is 2.16. The summed E-state index contributed by atoms with van der Waals surface area (Å²) in [6.45, 7) is 0. The number of hydrogen-bond acceptors (Lipinski definition) is 5. The lowest BCUT2D eigenvalue weighted by atomic mass is 10.1. The molecule has 6 nitrogen and oxygen atoms in total. The van der Waals surface area contributed by atoms with Crippen molar-refractivity contribution in [1.29, 1.82) is 0 Å². The van der Waals surface area contributed by atoms with E-state index in [2.05, 4.69) is 33.1 Å². The maximum absolute atomic E-state index is 11.9. The van der Waals surface area contributed by atoms with Gasteiger partial charge in [0.25, 0.3) is 5.91 Å². The Morgan fingerprint density at radius 1 is 1.25 bits per heavy atom. The third kappa shape index (κ3) is 4.45. The zero-order valence-corrected chi connectivity index (χ0v) is 15.4. The van der Waals surface area contributed by atoms with Crippen LogP contribution in [0.5, 0.6) is 11.5 Å². The number of nitrogens with one attached hydrogen (secondary N) is 1. The van der Waals surface area contributed by atoms with E-state index in [9.17, 15) is 9.90 Å². The Bertz CT molecular complexity index is 735. The van der Waals surface area contributed by atoms with E-state index < -0.39 is 12.0 Å². The number of aliphatic hydroxyl groups excluding tert-OH is 1. The second kappa shape index (κ2) is 8.65. The minimum Gasteiger partial charge on any atom is -0.493 e. The molecule has 0 aliphatic heterocycles. The van der Waals surface area contributed by atoms with Crippen molar-refractivity contribution in [3.05, 3.63) is 57.2 Å². The van der Waals surface area contributed by atoms with Gasteiger partial charge in [-0.3, -0.25) is 4.79 Å². The number of carbonyl (C=O) groups is 1. The molecule has 0 aromatic heterocycles. The van der Waals surface area contributed by atoms with E-state index in [0.717, 1.165) is 9.13 Å². The van der Waals surface area contributed by atoms with Gasteiger partial charge < -0.3 is 14.6 Å². The lowest BCUT2D eigenvalue weighted by Crippen LogP contribution is -2.25. The average Bonchev–Trinajstić information content (AvgIpc) is 2.61. The first-order valence-corrected chi connectivity index (χ1v) is 8.12. The molecule has 2 aromatic rings. The van der Waals surface area contributed by atoms with E-state index >= 15 is 0 Å². The summed E-state index contributed by atoms with van der Waals surface area (Å²) >= 11 is 2.12. The molecule has 0 saturated carbocycles. The summed E-state index contributed by atoms with van der Waals surface area (Å²) in [5.74, 6) is 0.605. The normalized spacial score (nSPS) is 12.0. The summed E-state index contributed by atoms with van der Waals surface area (Å²) in [4.78, 5) is 11.9. The smallest absolute Gasteiger partial charge is 0.273 e. The van der Waals surface area contributed by atoms with Crippen LogP contribution in [0, 0.1) is 3.57 Å². The molecule has 0 saturated heterocycles. The maximum atomic E-state index is 11.9. The van der Waals surface area contributed by atoms with Crippen LogP contribution in [0.4, 0.5) is 0 Å². The molecule has 7 heteroatoms. The van der Waals surface area contributed by atoms with Crippen molar-refractivity contribution in [1.82, 2.24) is 5.43 Å². The molecule has 2 aromatic carbocycles. The molecule has 0 spiro atoms. The van der Waals surface area contributed by atoms with Gasteiger partial charge in [-0.1, -0.05) is 30.3 Å². The molecule has 0 bridgehead atoms. The van der Waals surface area contributed by atoms with Crippen molar-refractivity contribution < 1.29 is 19.4 Å². The minimum atomic E-state index is -1.27. The van der Waals surface area contributed by atoms with Gasteiger partial charge in [-0.05, 0) is 45.9 Å². The number of aliphatic hydroxyl groups is 1. The van der Waals surface area contributed by atoms with Gasteiger partial charge in [0.1, 0.15) is 0 Å². The third-order valence-electron chi connectivity index (χ3n) is 3.21. The summed E-state index contributed by atoms with van der Waals surface area (Å²) in [6.07, 6.45) is 0.202. The number of hydrazone groups is 1. The van der Waals surface area contributed by atoms with Gasteiger partial charge in [0, 0.05) is 0 Å². The molecule has 0 aliphatic carbocycles. The highest BCUT2D eigenvalue weighted by Crippen LogP contribution is 2.32. The Labute approximate surface area is 153 Å². The summed E-state index contributed by atoms with van der Waals surface area (Å²) in [5.41, 5.74) is 3.55. The van der Waals surface area contributed by atoms with Gasteiger partial charge in [0.2, 0.25) is 0 Å². The van der Waals surface area contributed by atoms with Gasteiger partial charge in [-0.25, -0.2) is 5.43 Å². The average molecular weight is 440 g/mol. The Morgan fingerprint density at radius 2 is 1.96 bits per heavy atom. The molecular formula is C17H17IN2O4. The van der Waals surface area contributed by atoms with Gasteiger partial charge in [-0.2, -0.15) is 5.10 Å². The molecule has 0 heterocycles. The van der Waals surface area contributed by atoms with Crippen molar-refractivity contribution in [3.63, 3.8) is 0 Å². The van der Waals surface area contributed by atoms with Gasteiger partial charge in [0.15, 0.2) is 17.6 Å². The molecule has 126 valence electrons. The minimum absolute atomic E-state index is 0.505. The van der Waals surface area contributed by atoms with Gasteiger partial charge in [-0.15, -0.1) is 0 Å². The fraction of sp³-hybridized carbons (Fsp3) is 0.176. The molecule has 1 amide bonds. The highest BCUT2D eigenvalue weighted by molar-refractivity contribution is 14.1. The number of amides is 1. The molecule has 24 heavy (non-hydrogen) atoms. The molecule has 2 N–H and O–H groups in total. The van der Waals surface area contributed by atoms with Crippen molar-refractivity contribution in [2.45, 2.75) is 6.10 Å². The van der Waals surface area contributed by atoms with Crippen LogP contribution in [0.25, 0.3) is 0 Å². The number of hydrogen-bond donors (Lipinski definition) is 2. The second-order valence-electron chi connectivity index (χ2n) is 4.79. The molecule has 2 rings (SSSR count). The third-order valence-corrected chi connectivity index (χ3v) is 4.01. The highest BCUT2D eigenvalue weighted by atomic mass is 127. The Hall–Kier alpha value is -2.13. The zero-order chi connectivity index (χ0) is 17.5. The van der Waals surface area contributed by atoms with Crippen LogP contribution >= 0.6 is 22.6 Å². The molecule has 0 unspecified atom stereocenters. The quantitative estimate of drug-likeness (QED) is 0.411. The SMILES string of the molecule is COc1cc(/C=N\NC(=O)[C@H](O)c2ccccc2)cc(I)c1OC. The molecule has 0 radical (unpaired) electrons. The van der Waals surface area contributed by atoms with Crippen LogP contribution in [0.3, 0.4) is 0 Å². The number of ether oxygens (including phenoxy) is 2. The second-order valence-corrected chi connectivity index (χ2v) is 5.95. The lowest BCUT2D eigenvalue weighted by Gasteiger charge is -2.10. The number of methoxy groups -OCH3 is 2. The van der Waals surface area contributed by atoms with Gasteiger partial charge in [0.05, 0.1) is 24.0 Å². The lowest BCUT2D eigenvalue weighted by molar-refractivity contribution is -0.129. The van der Waals surface area contributed by atoms with Gasteiger partial charge >= 0.3 is 0 Å². The monoisotopic (exact) mass is 440 g/mol. The predicted octanol–water partition coefficient (Wildman–Crippen LogP) is 2.49. The van der Waals surface area contributed by atoms with E-state index in [4.69, 9.17) is 9.47 Å².